The van der Waals surface area contributed by atoms with Crippen LogP contribution in [0.5, 0.6) is 5.75 Å². The molecular weight excluding hydrogens is 463 g/mol. The summed E-state index contributed by atoms with van der Waals surface area (Å²) in [5.74, 6) is 1.77. The largest absolute Gasteiger partial charge is 0.497 e. The van der Waals surface area contributed by atoms with Gasteiger partial charge in [0.2, 0.25) is 0 Å². The Hall–Kier alpha value is -1.80. The summed E-state index contributed by atoms with van der Waals surface area (Å²) in [6.07, 6.45) is 1.00. The van der Waals surface area contributed by atoms with Gasteiger partial charge >= 0.3 is 0 Å². The number of benzene rings is 2. The van der Waals surface area contributed by atoms with Crippen molar-refractivity contribution < 1.29 is 4.74 Å². The van der Waals surface area contributed by atoms with Gasteiger partial charge in [-0.2, -0.15) is 0 Å². The number of methoxy groups -OCH3 is 1. The Kier molecular flexibility index (Phi) is 10.9. The van der Waals surface area contributed by atoms with Crippen molar-refractivity contribution in [1.82, 2.24) is 15.1 Å². The van der Waals surface area contributed by atoms with Gasteiger partial charge in [0.05, 0.1) is 7.11 Å². The Balaban J connectivity index is 0.00000392. The Morgan fingerprint density at radius 2 is 1.64 bits per heavy atom. The Bertz CT molecular complexity index is 704. The molecule has 5 nitrogen and oxygen atoms in total. The molecule has 28 heavy (non-hydrogen) atoms. The van der Waals surface area contributed by atoms with Crippen LogP contribution in [0.1, 0.15) is 11.1 Å². The second-order valence-corrected chi connectivity index (χ2v) is 6.94. The van der Waals surface area contributed by atoms with Gasteiger partial charge in [0.1, 0.15) is 5.75 Å². The number of guanidine groups is 1. The Morgan fingerprint density at radius 1 is 1.00 bits per heavy atom. The number of nitrogens with zero attached hydrogens (tertiary/aromatic N) is 3. The highest BCUT2D eigenvalue weighted by Gasteiger charge is 2.14. The van der Waals surface area contributed by atoms with Crippen molar-refractivity contribution in [3.05, 3.63) is 65.7 Å². The predicted molar refractivity (Wildman–Crippen MR) is 129 cm³/mol. The van der Waals surface area contributed by atoms with Crippen LogP contribution in [0.2, 0.25) is 0 Å². The molecule has 2 rings (SSSR count). The predicted octanol–water partition coefficient (Wildman–Crippen LogP) is 3.49. The van der Waals surface area contributed by atoms with Crippen LogP contribution in [0.15, 0.2) is 59.6 Å². The van der Waals surface area contributed by atoms with Gasteiger partial charge < -0.3 is 19.9 Å². The zero-order valence-electron chi connectivity index (χ0n) is 17.6. The monoisotopic (exact) mass is 496 g/mol. The van der Waals surface area contributed by atoms with Gasteiger partial charge in [-0.25, -0.2) is 0 Å². The molecular formula is C22H33IN4O. The van der Waals surface area contributed by atoms with E-state index in [1.807, 2.05) is 19.2 Å². The van der Waals surface area contributed by atoms with E-state index in [0.717, 1.165) is 31.2 Å². The maximum Gasteiger partial charge on any atom is 0.193 e. The van der Waals surface area contributed by atoms with E-state index in [9.17, 15) is 0 Å². The summed E-state index contributed by atoms with van der Waals surface area (Å²) < 4.78 is 5.22. The van der Waals surface area contributed by atoms with Crippen LogP contribution in [-0.4, -0.2) is 63.6 Å². The van der Waals surface area contributed by atoms with Crippen LogP contribution < -0.4 is 10.1 Å². The zero-order valence-corrected chi connectivity index (χ0v) is 19.9. The zero-order chi connectivity index (χ0) is 19.6. The smallest absolute Gasteiger partial charge is 0.193 e. The maximum atomic E-state index is 5.22. The van der Waals surface area contributed by atoms with E-state index >= 15 is 0 Å². The van der Waals surface area contributed by atoms with Crippen molar-refractivity contribution >= 4 is 29.9 Å². The van der Waals surface area contributed by atoms with Gasteiger partial charge in [-0.05, 0) is 43.8 Å². The van der Waals surface area contributed by atoms with Crippen LogP contribution in [0.25, 0.3) is 0 Å². The lowest BCUT2D eigenvalue weighted by atomic mass is 10.1. The van der Waals surface area contributed by atoms with Gasteiger partial charge in [0.25, 0.3) is 0 Å². The Labute approximate surface area is 186 Å². The summed E-state index contributed by atoms with van der Waals surface area (Å²) in [7, 11) is 9.82. The molecule has 0 radical (unpaired) electrons. The van der Waals surface area contributed by atoms with E-state index in [2.05, 4.69) is 83.7 Å². The second-order valence-electron chi connectivity index (χ2n) is 6.94. The number of ether oxygens (including phenoxy) is 1. The molecule has 0 aliphatic heterocycles. The van der Waals surface area contributed by atoms with Crippen LogP contribution >= 0.6 is 24.0 Å². The molecule has 0 saturated carbocycles. The molecule has 1 atom stereocenters. The van der Waals surface area contributed by atoms with Gasteiger partial charge in [-0.15, -0.1) is 24.0 Å². The van der Waals surface area contributed by atoms with E-state index < -0.39 is 0 Å². The molecule has 0 fully saturated rings. The first kappa shape index (κ1) is 24.2. The molecule has 0 aliphatic carbocycles. The van der Waals surface area contributed by atoms with Crippen molar-refractivity contribution in [2.75, 3.05) is 41.8 Å². The van der Waals surface area contributed by atoms with Crippen molar-refractivity contribution in [3.8, 4) is 5.75 Å². The molecule has 0 spiro atoms. The van der Waals surface area contributed by atoms with Crippen LogP contribution in [0, 0.1) is 0 Å². The maximum absolute atomic E-state index is 5.22. The number of hydrogen-bond donors (Lipinski definition) is 1. The summed E-state index contributed by atoms with van der Waals surface area (Å²) >= 11 is 0. The second kappa shape index (κ2) is 12.6. The summed E-state index contributed by atoms with van der Waals surface area (Å²) in [5.41, 5.74) is 2.56. The lowest BCUT2D eigenvalue weighted by molar-refractivity contribution is 0.288. The summed E-state index contributed by atoms with van der Waals surface area (Å²) in [5, 5.41) is 3.52. The minimum Gasteiger partial charge on any atom is -0.497 e. The standard InChI is InChI=1S/C22H32N4O.HI/c1-23-22(26(4)17-19-11-13-21(27-5)14-12-19)24-16-20(25(2)3)15-18-9-7-6-8-10-18;/h6-14,20H,15-17H2,1-5H3,(H,23,24);1H. The van der Waals surface area contributed by atoms with E-state index in [-0.39, 0.29) is 24.0 Å². The third kappa shape index (κ3) is 7.67. The van der Waals surface area contributed by atoms with Gasteiger partial charge in [-0.3, -0.25) is 4.99 Å². The number of likely N-dealkylation sites (N-methyl/N-ethyl adjacent to an activating group) is 1. The number of hydrogen-bond acceptors (Lipinski definition) is 3. The van der Waals surface area contributed by atoms with Gasteiger partial charge in [0.15, 0.2) is 5.96 Å². The fourth-order valence-corrected chi connectivity index (χ4v) is 3.00. The highest BCUT2D eigenvalue weighted by molar-refractivity contribution is 14.0. The summed E-state index contributed by atoms with van der Waals surface area (Å²) in [4.78, 5) is 8.84. The molecule has 0 heterocycles. The van der Waals surface area contributed by atoms with Crippen molar-refractivity contribution in [2.24, 2.45) is 4.99 Å². The van der Waals surface area contributed by atoms with E-state index in [1.165, 1.54) is 11.1 Å². The third-order valence-corrected chi connectivity index (χ3v) is 4.69. The van der Waals surface area contributed by atoms with Crippen LogP contribution in [0.3, 0.4) is 0 Å². The fourth-order valence-electron chi connectivity index (χ4n) is 3.00. The number of nitrogens with one attached hydrogen (secondary N) is 1. The molecule has 0 saturated heterocycles. The molecule has 0 bridgehead atoms. The minimum absolute atomic E-state index is 0. The lowest BCUT2D eigenvalue weighted by Gasteiger charge is -2.28. The average molecular weight is 496 g/mol. The normalized spacial score (nSPS) is 12.3. The van der Waals surface area contributed by atoms with E-state index in [1.54, 1.807) is 7.11 Å². The first-order chi connectivity index (χ1) is 13.0. The number of halogens is 1. The molecule has 0 aliphatic rings. The SMILES string of the molecule is CN=C(NCC(Cc1ccccc1)N(C)C)N(C)Cc1ccc(OC)cc1.I. The summed E-state index contributed by atoms with van der Waals surface area (Å²) in [6, 6.07) is 19.1. The highest BCUT2D eigenvalue weighted by atomic mass is 127. The number of aliphatic imine (C=N–C) groups is 1. The van der Waals surface area contributed by atoms with Gasteiger partial charge in [-0.1, -0.05) is 42.5 Å². The quantitative estimate of drug-likeness (QED) is 0.345. The molecule has 154 valence electrons. The molecule has 1 unspecified atom stereocenters. The van der Waals surface area contributed by atoms with Gasteiger partial charge in [0, 0.05) is 33.2 Å². The molecule has 0 aromatic heterocycles. The summed E-state index contributed by atoms with van der Waals surface area (Å²) in [6.45, 7) is 1.62. The van der Waals surface area contributed by atoms with Crippen molar-refractivity contribution in [3.63, 3.8) is 0 Å². The van der Waals surface area contributed by atoms with Crippen molar-refractivity contribution in [1.29, 1.82) is 0 Å². The highest BCUT2D eigenvalue weighted by Crippen LogP contribution is 2.12. The van der Waals surface area contributed by atoms with E-state index in [4.69, 9.17) is 4.74 Å². The molecule has 2 aromatic carbocycles. The Morgan fingerprint density at radius 3 is 2.18 bits per heavy atom. The van der Waals surface area contributed by atoms with Crippen LogP contribution in [-0.2, 0) is 13.0 Å². The minimum atomic E-state index is 0. The molecule has 1 N–H and O–H groups in total. The van der Waals surface area contributed by atoms with E-state index in [0.29, 0.717) is 6.04 Å². The molecule has 6 heteroatoms. The first-order valence-corrected chi connectivity index (χ1v) is 9.28. The third-order valence-electron chi connectivity index (χ3n) is 4.69. The molecule has 2 aromatic rings. The number of rotatable bonds is 8. The van der Waals surface area contributed by atoms with Crippen LogP contribution in [0.4, 0.5) is 0 Å². The fraction of sp³-hybridized carbons (Fsp3) is 0.409. The lowest BCUT2D eigenvalue weighted by Crippen LogP contribution is -2.46. The van der Waals surface area contributed by atoms with Crippen molar-refractivity contribution in [2.45, 2.75) is 19.0 Å². The molecule has 0 amide bonds. The topological polar surface area (TPSA) is 40.1 Å². The first-order valence-electron chi connectivity index (χ1n) is 9.28. The average Bonchev–Trinajstić information content (AvgIpc) is 2.68.